The number of carbonyl (C=O) groups excluding carboxylic acids is 1. The number of oxazole rings is 1. The Morgan fingerprint density at radius 3 is 2.84 bits per heavy atom. The van der Waals surface area contributed by atoms with Crippen LogP contribution in [0.3, 0.4) is 0 Å². The molecule has 1 heterocycles. The lowest BCUT2D eigenvalue weighted by Gasteiger charge is -2.08. The number of carbonyl (C=O) groups is 1. The molecule has 1 N–H and O–H groups in total. The third-order valence-electron chi connectivity index (χ3n) is 3.84. The molecule has 0 aliphatic rings. The van der Waals surface area contributed by atoms with Crippen LogP contribution in [0.25, 0.3) is 11.1 Å². The fraction of sp³-hybridized carbons (Fsp3) is 0.300. The molecule has 0 radical (unpaired) electrons. The fourth-order valence-electron chi connectivity index (χ4n) is 2.57. The summed E-state index contributed by atoms with van der Waals surface area (Å²) >= 11 is 0. The largest absolute Gasteiger partial charge is 0.492 e. The molecule has 0 saturated heterocycles. The van der Waals surface area contributed by atoms with Crippen molar-refractivity contribution in [1.82, 2.24) is 10.3 Å². The van der Waals surface area contributed by atoms with Gasteiger partial charge in [0.25, 0.3) is 0 Å². The second-order valence-electron chi connectivity index (χ2n) is 6.09. The number of rotatable bonds is 7. The van der Waals surface area contributed by atoms with E-state index in [0.717, 1.165) is 28.0 Å². The molecule has 0 aliphatic heterocycles. The first-order valence-corrected chi connectivity index (χ1v) is 8.42. The highest BCUT2D eigenvalue weighted by molar-refractivity contribution is 5.76. The first kappa shape index (κ1) is 17.0. The summed E-state index contributed by atoms with van der Waals surface area (Å²) in [5.41, 5.74) is 3.88. The summed E-state index contributed by atoms with van der Waals surface area (Å²) in [5, 5.41) is 2.85. The average Bonchev–Trinajstić information content (AvgIpc) is 2.99. The predicted octanol–water partition coefficient (Wildman–Crippen LogP) is 3.57. The number of benzene rings is 2. The van der Waals surface area contributed by atoms with Crippen molar-refractivity contribution in [3.8, 4) is 5.75 Å². The number of aryl methyl sites for hydroxylation is 3. The second-order valence-corrected chi connectivity index (χ2v) is 6.09. The minimum Gasteiger partial charge on any atom is -0.492 e. The van der Waals surface area contributed by atoms with Crippen LogP contribution in [0.1, 0.15) is 23.4 Å². The maximum atomic E-state index is 11.9. The van der Waals surface area contributed by atoms with Gasteiger partial charge in [0.05, 0.1) is 6.54 Å². The molecule has 1 aromatic heterocycles. The summed E-state index contributed by atoms with van der Waals surface area (Å²) in [5.74, 6) is 1.37. The molecule has 25 heavy (non-hydrogen) atoms. The van der Waals surface area contributed by atoms with E-state index in [1.54, 1.807) is 0 Å². The third-order valence-corrected chi connectivity index (χ3v) is 3.84. The van der Waals surface area contributed by atoms with Crippen molar-refractivity contribution < 1.29 is 13.9 Å². The molecule has 2 aromatic carbocycles. The summed E-state index contributed by atoms with van der Waals surface area (Å²) in [6, 6.07) is 13.7. The lowest BCUT2D eigenvalue weighted by Crippen LogP contribution is -2.28. The zero-order valence-corrected chi connectivity index (χ0v) is 14.5. The van der Waals surface area contributed by atoms with Crippen molar-refractivity contribution in [1.29, 1.82) is 0 Å². The smallest absolute Gasteiger partial charge is 0.220 e. The lowest BCUT2D eigenvalue weighted by atomic mass is 10.2. The van der Waals surface area contributed by atoms with Gasteiger partial charge in [0.15, 0.2) is 11.5 Å². The highest BCUT2D eigenvalue weighted by Gasteiger charge is 2.08. The van der Waals surface area contributed by atoms with Crippen LogP contribution in [-0.4, -0.2) is 24.0 Å². The van der Waals surface area contributed by atoms with Crippen molar-refractivity contribution in [3.05, 3.63) is 59.5 Å². The van der Waals surface area contributed by atoms with E-state index < -0.39 is 0 Å². The molecule has 3 aromatic rings. The van der Waals surface area contributed by atoms with Crippen LogP contribution in [0.4, 0.5) is 0 Å². The van der Waals surface area contributed by atoms with Crippen LogP contribution >= 0.6 is 0 Å². The number of hydrogen-bond donors (Lipinski definition) is 1. The Morgan fingerprint density at radius 1 is 1.16 bits per heavy atom. The van der Waals surface area contributed by atoms with Gasteiger partial charge in [-0.1, -0.05) is 18.2 Å². The molecule has 0 aliphatic carbocycles. The average molecular weight is 338 g/mol. The number of fused-ring (bicyclic) bond motifs is 1. The summed E-state index contributed by atoms with van der Waals surface area (Å²) in [6.45, 7) is 4.94. The van der Waals surface area contributed by atoms with Crippen molar-refractivity contribution in [3.63, 3.8) is 0 Å². The van der Waals surface area contributed by atoms with Crippen LogP contribution in [0.15, 0.2) is 46.9 Å². The van der Waals surface area contributed by atoms with Gasteiger partial charge in [-0.25, -0.2) is 4.98 Å². The Hall–Kier alpha value is -2.82. The zero-order valence-electron chi connectivity index (χ0n) is 14.5. The molecule has 0 saturated carbocycles. The number of aromatic nitrogens is 1. The molecule has 0 bridgehead atoms. The summed E-state index contributed by atoms with van der Waals surface area (Å²) in [4.78, 5) is 16.3. The van der Waals surface area contributed by atoms with Crippen LogP contribution in [0.5, 0.6) is 5.75 Å². The lowest BCUT2D eigenvalue weighted by molar-refractivity contribution is -0.121. The fourth-order valence-corrected chi connectivity index (χ4v) is 2.57. The van der Waals surface area contributed by atoms with Gasteiger partial charge in [0.2, 0.25) is 5.91 Å². The normalized spacial score (nSPS) is 10.8. The summed E-state index contributed by atoms with van der Waals surface area (Å²) < 4.78 is 11.3. The van der Waals surface area contributed by atoms with Gasteiger partial charge < -0.3 is 14.5 Å². The Morgan fingerprint density at radius 2 is 2.00 bits per heavy atom. The van der Waals surface area contributed by atoms with Crippen LogP contribution in [0, 0.1) is 13.8 Å². The number of hydrogen-bond acceptors (Lipinski definition) is 4. The molecule has 0 atom stereocenters. The monoisotopic (exact) mass is 338 g/mol. The third kappa shape index (κ3) is 4.83. The van der Waals surface area contributed by atoms with Crippen molar-refractivity contribution in [2.75, 3.05) is 13.2 Å². The van der Waals surface area contributed by atoms with E-state index in [0.29, 0.717) is 31.9 Å². The van der Waals surface area contributed by atoms with Gasteiger partial charge in [-0.3, -0.25) is 4.79 Å². The maximum absolute atomic E-state index is 11.9. The summed E-state index contributed by atoms with van der Waals surface area (Å²) in [6.07, 6.45) is 0.828. The number of nitrogens with one attached hydrogen (secondary N) is 1. The van der Waals surface area contributed by atoms with E-state index in [2.05, 4.69) is 10.3 Å². The molecule has 1 amide bonds. The van der Waals surface area contributed by atoms with Crippen molar-refractivity contribution >= 4 is 17.0 Å². The molecule has 5 heteroatoms. The first-order chi connectivity index (χ1) is 12.1. The number of nitrogens with zero attached hydrogens (tertiary/aromatic N) is 1. The van der Waals surface area contributed by atoms with Gasteiger partial charge in [-0.2, -0.15) is 0 Å². The molecule has 0 fully saturated rings. The van der Waals surface area contributed by atoms with Gasteiger partial charge >= 0.3 is 0 Å². The molecule has 130 valence electrons. The van der Waals surface area contributed by atoms with Crippen LogP contribution in [-0.2, 0) is 11.2 Å². The maximum Gasteiger partial charge on any atom is 0.220 e. The van der Waals surface area contributed by atoms with Gasteiger partial charge in [0.1, 0.15) is 17.9 Å². The van der Waals surface area contributed by atoms with E-state index in [4.69, 9.17) is 9.15 Å². The van der Waals surface area contributed by atoms with E-state index in [1.165, 1.54) is 0 Å². The second kappa shape index (κ2) is 7.83. The minimum absolute atomic E-state index is 0.0359. The first-order valence-electron chi connectivity index (χ1n) is 8.42. The van der Waals surface area contributed by atoms with Gasteiger partial charge in [-0.15, -0.1) is 0 Å². The Bertz CT molecular complexity index is 870. The molecular formula is C20H22N2O3. The highest BCUT2D eigenvalue weighted by Crippen LogP contribution is 2.17. The van der Waals surface area contributed by atoms with E-state index in [1.807, 2.05) is 56.3 Å². The summed E-state index contributed by atoms with van der Waals surface area (Å²) in [7, 11) is 0. The number of ether oxygens (including phenoxy) is 1. The van der Waals surface area contributed by atoms with Crippen LogP contribution in [0.2, 0.25) is 0 Å². The Labute approximate surface area is 147 Å². The topological polar surface area (TPSA) is 64.4 Å². The molecule has 3 rings (SSSR count). The quantitative estimate of drug-likeness (QED) is 0.669. The van der Waals surface area contributed by atoms with E-state index >= 15 is 0 Å². The Balaban J connectivity index is 1.40. The van der Waals surface area contributed by atoms with Crippen molar-refractivity contribution in [2.24, 2.45) is 0 Å². The van der Waals surface area contributed by atoms with E-state index in [9.17, 15) is 4.79 Å². The standard InChI is InChI=1S/C20H22N2O3/c1-14-4-3-5-16(12-14)24-11-10-21-19(23)8-9-20-22-17-13-15(2)6-7-18(17)25-20/h3-7,12-13H,8-11H2,1-2H3,(H,21,23). The molecular weight excluding hydrogens is 316 g/mol. The van der Waals surface area contributed by atoms with Crippen molar-refractivity contribution in [2.45, 2.75) is 26.7 Å². The Kier molecular flexibility index (Phi) is 5.33. The number of amides is 1. The minimum atomic E-state index is -0.0359. The SMILES string of the molecule is Cc1cccc(OCCNC(=O)CCc2nc3cc(C)ccc3o2)c1. The molecule has 5 nitrogen and oxygen atoms in total. The zero-order chi connectivity index (χ0) is 17.6. The van der Waals surface area contributed by atoms with Gasteiger partial charge in [0, 0.05) is 12.8 Å². The molecule has 0 unspecified atom stereocenters. The molecule has 0 spiro atoms. The van der Waals surface area contributed by atoms with Crippen LogP contribution < -0.4 is 10.1 Å². The van der Waals surface area contributed by atoms with E-state index in [-0.39, 0.29) is 5.91 Å². The van der Waals surface area contributed by atoms with Gasteiger partial charge in [-0.05, 0) is 49.2 Å². The highest BCUT2D eigenvalue weighted by atomic mass is 16.5. The predicted molar refractivity (Wildman–Crippen MR) is 96.8 cm³/mol.